The van der Waals surface area contributed by atoms with Crippen LogP contribution in [0.5, 0.6) is 0 Å². The van der Waals surface area contributed by atoms with Gasteiger partial charge >= 0.3 is 0 Å². The van der Waals surface area contributed by atoms with Gasteiger partial charge in [0.05, 0.1) is 0 Å². The van der Waals surface area contributed by atoms with Gasteiger partial charge in [-0.25, -0.2) is 0 Å². The number of hydrogen-bond donors (Lipinski definition) is 1. The Morgan fingerprint density at radius 1 is 1.35 bits per heavy atom. The van der Waals surface area contributed by atoms with Crippen LogP contribution in [0.25, 0.3) is 0 Å². The van der Waals surface area contributed by atoms with Gasteiger partial charge in [0.15, 0.2) is 0 Å². The molecule has 0 saturated carbocycles. The van der Waals surface area contributed by atoms with Crippen molar-refractivity contribution >= 4 is 0 Å². The van der Waals surface area contributed by atoms with Crippen LogP contribution in [-0.4, -0.2) is 31.1 Å². The van der Waals surface area contributed by atoms with E-state index in [0.717, 1.165) is 6.42 Å². The maximum atomic E-state index is 3.79. The molecule has 2 unspecified atom stereocenters. The summed E-state index contributed by atoms with van der Waals surface area (Å²) in [6, 6.07) is 10.1. The van der Waals surface area contributed by atoms with E-state index in [1.165, 1.54) is 30.6 Å². The van der Waals surface area contributed by atoms with Gasteiger partial charge in [0.2, 0.25) is 0 Å². The number of likely N-dealkylation sites (N-methyl/N-ethyl adjacent to an activating group) is 1. The van der Waals surface area contributed by atoms with E-state index in [1.807, 2.05) is 0 Å². The second kappa shape index (κ2) is 5.65. The third-order valence-corrected chi connectivity index (χ3v) is 3.72. The first kappa shape index (κ1) is 12.6. The van der Waals surface area contributed by atoms with Crippen molar-refractivity contribution in [2.24, 2.45) is 0 Å². The van der Waals surface area contributed by atoms with Crippen LogP contribution in [0, 0.1) is 6.92 Å². The standard InChI is InChI=1S/C15H24N2/c1-4-15(13-7-5-12(2)6-8-13)16-14-9-10-17(3)11-14/h5-8,14-16H,4,9-11H2,1-3H3. The van der Waals surface area contributed by atoms with Crippen molar-refractivity contribution < 1.29 is 0 Å². The number of nitrogens with one attached hydrogen (secondary N) is 1. The summed E-state index contributed by atoms with van der Waals surface area (Å²) in [6.07, 6.45) is 2.43. The molecule has 94 valence electrons. The summed E-state index contributed by atoms with van der Waals surface area (Å²) in [5.41, 5.74) is 2.76. The fraction of sp³-hybridized carbons (Fsp3) is 0.600. The van der Waals surface area contributed by atoms with Gasteiger partial charge in [0.25, 0.3) is 0 Å². The Balaban J connectivity index is 1.98. The Morgan fingerprint density at radius 3 is 2.59 bits per heavy atom. The van der Waals surface area contributed by atoms with E-state index in [0.29, 0.717) is 12.1 Å². The summed E-state index contributed by atoms with van der Waals surface area (Å²) in [5.74, 6) is 0. The molecule has 1 saturated heterocycles. The minimum atomic E-state index is 0.507. The molecule has 1 heterocycles. The summed E-state index contributed by atoms with van der Waals surface area (Å²) in [7, 11) is 2.20. The third-order valence-electron chi connectivity index (χ3n) is 3.72. The SMILES string of the molecule is CCC(NC1CCN(C)C1)c1ccc(C)cc1. The molecule has 0 aromatic heterocycles. The molecule has 0 aliphatic carbocycles. The Kier molecular flexibility index (Phi) is 4.19. The molecule has 0 radical (unpaired) electrons. The van der Waals surface area contributed by atoms with E-state index in [1.54, 1.807) is 0 Å². The van der Waals surface area contributed by atoms with Crippen molar-refractivity contribution in [3.63, 3.8) is 0 Å². The lowest BCUT2D eigenvalue weighted by molar-refractivity contribution is 0.379. The number of rotatable bonds is 4. The molecule has 2 rings (SSSR count). The van der Waals surface area contributed by atoms with Gasteiger partial charge in [-0.2, -0.15) is 0 Å². The first-order valence-electron chi connectivity index (χ1n) is 6.70. The number of hydrogen-bond acceptors (Lipinski definition) is 2. The average Bonchev–Trinajstić information content (AvgIpc) is 2.73. The summed E-state index contributed by atoms with van der Waals surface area (Å²) in [5, 5.41) is 3.79. The Labute approximate surface area is 105 Å². The zero-order valence-electron chi connectivity index (χ0n) is 11.2. The molecule has 2 nitrogen and oxygen atoms in total. The zero-order valence-corrected chi connectivity index (χ0v) is 11.2. The van der Waals surface area contributed by atoms with E-state index in [9.17, 15) is 0 Å². The van der Waals surface area contributed by atoms with Crippen LogP contribution in [0.4, 0.5) is 0 Å². The van der Waals surface area contributed by atoms with Gasteiger partial charge in [-0.15, -0.1) is 0 Å². The number of nitrogens with zero attached hydrogens (tertiary/aromatic N) is 1. The quantitative estimate of drug-likeness (QED) is 0.858. The highest BCUT2D eigenvalue weighted by Crippen LogP contribution is 2.20. The minimum absolute atomic E-state index is 0.507. The van der Waals surface area contributed by atoms with Crippen LogP contribution in [-0.2, 0) is 0 Å². The van der Waals surface area contributed by atoms with Crippen LogP contribution in [0.3, 0.4) is 0 Å². The molecule has 1 aromatic carbocycles. The number of benzene rings is 1. The summed E-state index contributed by atoms with van der Waals surface area (Å²) < 4.78 is 0. The van der Waals surface area contributed by atoms with Crippen LogP contribution in [0.2, 0.25) is 0 Å². The minimum Gasteiger partial charge on any atom is -0.306 e. The van der Waals surface area contributed by atoms with Crippen molar-refractivity contribution in [2.75, 3.05) is 20.1 Å². The topological polar surface area (TPSA) is 15.3 Å². The Bertz CT molecular complexity index is 344. The number of likely N-dealkylation sites (tertiary alicyclic amines) is 1. The van der Waals surface area contributed by atoms with Gasteiger partial charge in [-0.1, -0.05) is 36.8 Å². The van der Waals surface area contributed by atoms with Gasteiger partial charge in [-0.05, 0) is 38.9 Å². The smallest absolute Gasteiger partial charge is 0.0320 e. The highest BCUT2D eigenvalue weighted by molar-refractivity contribution is 5.24. The second-order valence-corrected chi connectivity index (χ2v) is 5.29. The van der Waals surface area contributed by atoms with Gasteiger partial charge < -0.3 is 10.2 Å². The second-order valence-electron chi connectivity index (χ2n) is 5.29. The van der Waals surface area contributed by atoms with E-state index in [-0.39, 0.29) is 0 Å². The van der Waals surface area contributed by atoms with E-state index in [4.69, 9.17) is 0 Å². The van der Waals surface area contributed by atoms with Crippen molar-refractivity contribution in [1.29, 1.82) is 0 Å². The Morgan fingerprint density at radius 2 is 2.06 bits per heavy atom. The lowest BCUT2D eigenvalue weighted by Crippen LogP contribution is -2.34. The lowest BCUT2D eigenvalue weighted by Gasteiger charge is -2.22. The highest BCUT2D eigenvalue weighted by atomic mass is 15.2. The summed E-state index contributed by atoms with van der Waals surface area (Å²) >= 11 is 0. The molecule has 17 heavy (non-hydrogen) atoms. The van der Waals surface area contributed by atoms with Gasteiger partial charge in [0.1, 0.15) is 0 Å². The van der Waals surface area contributed by atoms with Gasteiger partial charge in [0, 0.05) is 18.6 Å². The molecule has 0 bridgehead atoms. The lowest BCUT2D eigenvalue weighted by atomic mass is 10.0. The Hall–Kier alpha value is -0.860. The first-order valence-corrected chi connectivity index (χ1v) is 6.70. The molecule has 1 aromatic rings. The zero-order chi connectivity index (χ0) is 12.3. The summed E-state index contributed by atoms with van der Waals surface area (Å²) in [6.45, 7) is 6.81. The van der Waals surface area contributed by atoms with Crippen molar-refractivity contribution in [2.45, 2.75) is 38.8 Å². The van der Waals surface area contributed by atoms with E-state index in [2.05, 4.69) is 55.4 Å². The van der Waals surface area contributed by atoms with Crippen molar-refractivity contribution in [3.05, 3.63) is 35.4 Å². The largest absolute Gasteiger partial charge is 0.306 e. The predicted molar refractivity (Wildman–Crippen MR) is 73.2 cm³/mol. The normalized spacial score (nSPS) is 22.9. The molecule has 0 amide bonds. The fourth-order valence-corrected chi connectivity index (χ4v) is 2.60. The maximum absolute atomic E-state index is 3.79. The van der Waals surface area contributed by atoms with E-state index >= 15 is 0 Å². The molecule has 1 fully saturated rings. The van der Waals surface area contributed by atoms with Crippen molar-refractivity contribution in [1.82, 2.24) is 10.2 Å². The maximum Gasteiger partial charge on any atom is 0.0320 e. The fourth-order valence-electron chi connectivity index (χ4n) is 2.60. The molecule has 2 atom stereocenters. The third kappa shape index (κ3) is 3.30. The number of aryl methyl sites for hydroxylation is 1. The van der Waals surface area contributed by atoms with Crippen LogP contribution in [0.1, 0.15) is 36.9 Å². The molecule has 1 aliphatic heterocycles. The molecular weight excluding hydrogens is 208 g/mol. The highest BCUT2D eigenvalue weighted by Gasteiger charge is 2.22. The molecule has 1 N–H and O–H groups in total. The van der Waals surface area contributed by atoms with Crippen LogP contribution >= 0.6 is 0 Å². The molecular formula is C15H24N2. The average molecular weight is 232 g/mol. The van der Waals surface area contributed by atoms with Crippen LogP contribution < -0.4 is 5.32 Å². The van der Waals surface area contributed by atoms with E-state index < -0.39 is 0 Å². The van der Waals surface area contributed by atoms with Crippen molar-refractivity contribution in [3.8, 4) is 0 Å². The molecule has 0 spiro atoms. The molecule has 1 aliphatic rings. The molecule has 2 heteroatoms. The van der Waals surface area contributed by atoms with Gasteiger partial charge in [-0.3, -0.25) is 0 Å². The van der Waals surface area contributed by atoms with Crippen LogP contribution in [0.15, 0.2) is 24.3 Å². The monoisotopic (exact) mass is 232 g/mol. The summed E-state index contributed by atoms with van der Waals surface area (Å²) in [4.78, 5) is 2.40. The first-order chi connectivity index (χ1) is 8.19. The predicted octanol–water partition coefficient (Wildman–Crippen LogP) is 2.74.